The minimum Gasteiger partial charge on any atom is -0.461 e. The van der Waals surface area contributed by atoms with Crippen molar-refractivity contribution in [3.8, 4) is 17.4 Å². The molecule has 1 aliphatic rings. The quantitative estimate of drug-likeness (QED) is 0.607. The van der Waals surface area contributed by atoms with Crippen LogP contribution in [0.2, 0.25) is 0 Å². The molecule has 0 atom stereocenters. The van der Waals surface area contributed by atoms with Gasteiger partial charge in [0.25, 0.3) is 0 Å². The fourth-order valence-corrected chi connectivity index (χ4v) is 3.07. The van der Waals surface area contributed by atoms with Crippen LogP contribution in [0.15, 0.2) is 48.8 Å². The SMILES string of the molecule is CC(C)Oc1nc(-c2ccc(NC(=O)Nc3ccncc3)cc2)nc(N2CCOCC2)n1. The van der Waals surface area contributed by atoms with Crippen LogP contribution in [0.4, 0.5) is 22.1 Å². The molecular weight excluding hydrogens is 410 g/mol. The summed E-state index contributed by atoms with van der Waals surface area (Å²) in [5.41, 5.74) is 2.09. The van der Waals surface area contributed by atoms with Crippen molar-refractivity contribution >= 4 is 23.4 Å². The van der Waals surface area contributed by atoms with Crippen LogP contribution < -0.4 is 20.3 Å². The van der Waals surface area contributed by atoms with E-state index in [1.165, 1.54) is 0 Å². The first-order valence-corrected chi connectivity index (χ1v) is 10.4. The number of aromatic nitrogens is 4. The van der Waals surface area contributed by atoms with Gasteiger partial charge in [0.2, 0.25) is 5.95 Å². The standard InChI is InChI=1S/C22H25N7O3/c1-15(2)32-22-27-19(26-20(28-22)29-11-13-31-14-12-29)16-3-5-17(6-4-16)24-21(30)25-18-7-9-23-10-8-18/h3-10,15H,11-14H2,1-2H3,(H2,23,24,25,30). The van der Waals surface area contributed by atoms with Crippen LogP contribution in [0.1, 0.15) is 13.8 Å². The van der Waals surface area contributed by atoms with Crippen molar-refractivity contribution in [2.24, 2.45) is 0 Å². The minimum atomic E-state index is -0.341. The average Bonchev–Trinajstić information content (AvgIpc) is 2.80. The number of amides is 2. The average molecular weight is 435 g/mol. The van der Waals surface area contributed by atoms with E-state index in [2.05, 4.69) is 35.5 Å². The maximum Gasteiger partial charge on any atom is 0.323 e. The third-order valence-corrected chi connectivity index (χ3v) is 4.58. The van der Waals surface area contributed by atoms with Gasteiger partial charge in [-0.3, -0.25) is 4.98 Å². The number of rotatable bonds is 6. The number of pyridine rings is 1. The molecule has 1 aliphatic heterocycles. The Bertz CT molecular complexity index is 1040. The summed E-state index contributed by atoms with van der Waals surface area (Å²) >= 11 is 0. The zero-order valence-corrected chi connectivity index (χ0v) is 18.0. The molecule has 2 amide bonds. The Morgan fingerprint density at radius 2 is 1.62 bits per heavy atom. The fourth-order valence-electron chi connectivity index (χ4n) is 3.07. The van der Waals surface area contributed by atoms with Crippen molar-refractivity contribution < 1.29 is 14.3 Å². The number of hydrogen-bond donors (Lipinski definition) is 2. The molecule has 0 unspecified atom stereocenters. The van der Waals surface area contributed by atoms with Gasteiger partial charge in [-0.05, 0) is 50.2 Å². The maximum absolute atomic E-state index is 12.2. The van der Waals surface area contributed by atoms with Crippen LogP contribution in [0.3, 0.4) is 0 Å². The van der Waals surface area contributed by atoms with Gasteiger partial charge in [-0.25, -0.2) is 4.79 Å². The highest BCUT2D eigenvalue weighted by Gasteiger charge is 2.18. The van der Waals surface area contributed by atoms with E-state index in [-0.39, 0.29) is 18.1 Å². The Kier molecular flexibility index (Phi) is 6.71. The third-order valence-electron chi connectivity index (χ3n) is 4.58. The number of nitrogens with one attached hydrogen (secondary N) is 2. The summed E-state index contributed by atoms with van der Waals surface area (Å²) in [6, 6.07) is 10.7. The van der Waals surface area contributed by atoms with Crippen molar-refractivity contribution in [2.75, 3.05) is 41.8 Å². The lowest BCUT2D eigenvalue weighted by Gasteiger charge is -2.27. The van der Waals surface area contributed by atoms with E-state index in [1.807, 2.05) is 26.0 Å². The van der Waals surface area contributed by atoms with Crippen LogP contribution in [-0.4, -0.2) is 58.4 Å². The zero-order chi connectivity index (χ0) is 22.3. The smallest absolute Gasteiger partial charge is 0.323 e. The molecule has 32 heavy (non-hydrogen) atoms. The molecule has 10 nitrogen and oxygen atoms in total. The van der Waals surface area contributed by atoms with Gasteiger partial charge in [0.05, 0.1) is 19.3 Å². The number of ether oxygens (including phenoxy) is 2. The molecule has 1 fully saturated rings. The minimum absolute atomic E-state index is 0.0618. The van der Waals surface area contributed by atoms with Crippen LogP contribution in [0, 0.1) is 0 Å². The Hall–Kier alpha value is -3.79. The number of anilines is 3. The first-order chi connectivity index (χ1) is 15.6. The van der Waals surface area contributed by atoms with E-state index in [9.17, 15) is 4.79 Å². The highest BCUT2D eigenvalue weighted by molar-refractivity contribution is 5.99. The molecule has 3 aromatic rings. The Morgan fingerprint density at radius 3 is 2.28 bits per heavy atom. The lowest BCUT2D eigenvalue weighted by Crippen LogP contribution is -2.37. The molecule has 0 bridgehead atoms. The number of nitrogens with zero attached hydrogens (tertiary/aromatic N) is 5. The summed E-state index contributed by atoms with van der Waals surface area (Å²) in [6.07, 6.45) is 3.16. The molecule has 0 saturated carbocycles. The topological polar surface area (TPSA) is 114 Å². The molecule has 0 aliphatic carbocycles. The van der Waals surface area contributed by atoms with E-state index in [0.29, 0.717) is 49.5 Å². The first-order valence-electron chi connectivity index (χ1n) is 10.4. The molecular formula is C22H25N7O3. The summed E-state index contributed by atoms with van der Waals surface area (Å²) in [4.78, 5) is 31.8. The predicted octanol–water partition coefficient (Wildman–Crippen LogP) is 3.20. The number of carbonyl (C=O) groups is 1. The van der Waals surface area contributed by atoms with Crippen molar-refractivity contribution in [2.45, 2.75) is 20.0 Å². The number of benzene rings is 1. The molecule has 166 valence electrons. The van der Waals surface area contributed by atoms with Gasteiger partial charge in [0.1, 0.15) is 0 Å². The van der Waals surface area contributed by atoms with E-state index < -0.39 is 0 Å². The molecule has 2 N–H and O–H groups in total. The lowest BCUT2D eigenvalue weighted by molar-refractivity contribution is 0.121. The molecule has 1 aromatic carbocycles. The van der Waals surface area contributed by atoms with Gasteiger partial charge < -0.3 is 25.0 Å². The predicted molar refractivity (Wildman–Crippen MR) is 121 cm³/mol. The van der Waals surface area contributed by atoms with Crippen molar-refractivity contribution in [3.63, 3.8) is 0 Å². The van der Waals surface area contributed by atoms with E-state index >= 15 is 0 Å². The summed E-state index contributed by atoms with van der Waals surface area (Å²) in [7, 11) is 0. The number of hydrogen-bond acceptors (Lipinski definition) is 8. The third kappa shape index (κ3) is 5.67. The van der Waals surface area contributed by atoms with Gasteiger partial charge in [-0.15, -0.1) is 0 Å². The summed E-state index contributed by atoms with van der Waals surface area (Å²) in [5.74, 6) is 1.07. The monoisotopic (exact) mass is 435 g/mol. The number of carbonyl (C=O) groups excluding carboxylic acids is 1. The van der Waals surface area contributed by atoms with Gasteiger partial charge in [0.15, 0.2) is 5.82 Å². The molecule has 0 spiro atoms. The van der Waals surface area contributed by atoms with Gasteiger partial charge in [-0.2, -0.15) is 15.0 Å². The van der Waals surface area contributed by atoms with Crippen LogP contribution in [0.25, 0.3) is 11.4 Å². The van der Waals surface area contributed by atoms with E-state index in [4.69, 9.17) is 9.47 Å². The lowest BCUT2D eigenvalue weighted by atomic mass is 10.2. The summed E-state index contributed by atoms with van der Waals surface area (Å²) in [6.45, 7) is 6.53. The number of urea groups is 1. The Balaban J connectivity index is 1.51. The van der Waals surface area contributed by atoms with Gasteiger partial charge in [0, 0.05) is 42.4 Å². The van der Waals surface area contributed by atoms with Gasteiger partial charge >= 0.3 is 12.0 Å². The molecule has 0 radical (unpaired) electrons. The Labute approximate surface area is 186 Å². The highest BCUT2D eigenvalue weighted by Crippen LogP contribution is 2.23. The zero-order valence-electron chi connectivity index (χ0n) is 18.0. The van der Waals surface area contributed by atoms with Crippen LogP contribution in [0.5, 0.6) is 6.01 Å². The number of morpholine rings is 1. The molecule has 1 saturated heterocycles. The van der Waals surface area contributed by atoms with E-state index in [1.54, 1.807) is 36.7 Å². The van der Waals surface area contributed by atoms with E-state index in [0.717, 1.165) is 5.56 Å². The second kappa shape index (κ2) is 10.0. The summed E-state index contributed by atoms with van der Waals surface area (Å²) < 4.78 is 11.2. The second-order valence-electron chi connectivity index (χ2n) is 7.40. The maximum atomic E-state index is 12.2. The van der Waals surface area contributed by atoms with Gasteiger partial charge in [-0.1, -0.05) is 0 Å². The van der Waals surface area contributed by atoms with Crippen molar-refractivity contribution in [3.05, 3.63) is 48.8 Å². The second-order valence-corrected chi connectivity index (χ2v) is 7.40. The largest absolute Gasteiger partial charge is 0.461 e. The molecule has 2 aromatic heterocycles. The Morgan fingerprint density at radius 1 is 0.969 bits per heavy atom. The molecule has 10 heteroatoms. The normalized spacial score (nSPS) is 13.7. The van der Waals surface area contributed by atoms with Crippen molar-refractivity contribution in [1.29, 1.82) is 0 Å². The fraction of sp³-hybridized carbons (Fsp3) is 0.318. The first kappa shape index (κ1) is 21.4. The highest BCUT2D eigenvalue weighted by atomic mass is 16.5. The molecule has 4 rings (SSSR count). The van der Waals surface area contributed by atoms with Crippen LogP contribution >= 0.6 is 0 Å². The summed E-state index contributed by atoms with van der Waals surface area (Å²) in [5, 5.41) is 5.55. The van der Waals surface area contributed by atoms with Crippen LogP contribution in [-0.2, 0) is 4.74 Å². The van der Waals surface area contributed by atoms with Crippen molar-refractivity contribution in [1.82, 2.24) is 19.9 Å². The molecule has 3 heterocycles.